The van der Waals surface area contributed by atoms with Crippen molar-refractivity contribution in [1.29, 1.82) is 0 Å². The minimum atomic E-state index is -0.382. The van der Waals surface area contributed by atoms with Gasteiger partial charge in [-0.2, -0.15) is 0 Å². The van der Waals surface area contributed by atoms with Crippen LogP contribution in [0.3, 0.4) is 0 Å². The molecule has 4 nitrogen and oxygen atoms in total. The molecule has 0 aromatic carbocycles. The number of hydrogen-bond acceptors (Lipinski definition) is 3. The van der Waals surface area contributed by atoms with Crippen LogP contribution < -0.4 is 11.1 Å². The summed E-state index contributed by atoms with van der Waals surface area (Å²) < 4.78 is 0. The summed E-state index contributed by atoms with van der Waals surface area (Å²) in [5.41, 5.74) is 5.56. The average molecular weight is 201 g/mol. The lowest BCUT2D eigenvalue weighted by atomic mass is 10.0. The van der Waals surface area contributed by atoms with E-state index in [2.05, 4.69) is 24.1 Å². The van der Waals surface area contributed by atoms with Gasteiger partial charge in [0.2, 0.25) is 5.91 Å². The van der Waals surface area contributed by atoms with Gasteiger partial charge in [0.25, 0.3) is 0 Å². The summed E-state index contributed by atoms with van der Waals surface area (Å²) in [4.78, 5) is 13.5. The molecule has 14 heavy (non-hydrogen) atoms. The molecule has 0 aromatic rings. The molecule has 0 unspecified atom stereocenters. The summed E-state index contributed by atoms with van der Waals surface area (Å²) in [6.45, 7) is 6.67. The lowest BCUT2D eigenvalue weighted by molar-refractivity contribution is -0.122. The number of nitrogens with two attached hydrogens (primary N) is 1. The van der Waals surface area contributed by atoms with E-state index >= 15 is 0 Å². The zero-order valence-electron chi connectivity index (χ0n) is 9.92. The van der Waals surface area contributed by atoms with Gasteiger partial charge >= 0.3 is 0 Å². The molecule has 0 bridgehead atoms. The molecule has 0 aliphatic rings. The molecule has 0 saturated carbocycles. The van der Waals surface area contributed by atoms with Gasteiger partial charge < -0.3 is 16.0 Å². The number of hydrogen-bond donors (Lipinski definition) is 2. The fraction of sp³-hybridized carbons (Fsp3) is 0.900. The van der Waals surface area contributed by atoms with Crippen LogP contribution in [0.4, 0.5) is 0 Å². The van der Waals surface area contributed by atoms with E-state index in [-0.39, 0.29) is 17.5 Å². The Morgan fingerprint density at radius 1 is 1.50 bits per heavy atom. The van der Waals surface area contributed by atoms with Gasteiger partial charge in [-0.1, -0.05) is 6.92 Å². The van der Waals surface area contributed by atoms with Crippen molar-refractivity contribution < 1.29 is 4.79 Å². The number of amides is 1. The first-order valence-electron chi connectivity index (χ1n) is 5.02. The molecule has 0 heterocycles. The Bertz CT molecular complexity index is 190. The van der Waals surface area contributed by atoms with Gasteiger partial charge in [-0.05, 0) is 34.4 Å². The van der Waals surface area contributed by atoms with Gasteiger partial charge in [0.05, 0.1) is 6.04 Å². The second-order valence-corrected chi connectivity index (χ2v) is 4.44. The topological polar surface area (TPSA) is 58.4 Å². The van der Waals surface area contributed by atoms with E-state index in [1.165, 1.54) is 0 Å². The third-order valence-corrected chi connectivity index (χ3v) is 2.68. The first kappa shape index (κ1) is 13.4. The summed E-state index contributed by atoms with van der Waals surface area (Å²) in [6, 6.07) is -0.382. The van der Waals surface area contributed by atoms with Gasteiger partial charge in [0.1, 0.15) is 0 Å². The van der Waals surface area contributed by atoms with Crippen molar-refractivity contribution in [3.05, 3.63) is 0 Å². The molecular weight excluding hydrogens is 178 g/mol. The van der Waals surface area contributed by atoms with Crippen LogP contribution in [0.2, 0.25) is 0 Å². The van der Waals surface area contributed by atoms with E-state index in [0.29, 0.717) is 13.0 Å². The predicted octanol–water partition coefficient (Wildman–Crippen LogP) is 0.180. The second kappa shape index (κ2) is 5.32. The van der Waals surface area contributed by atoms with Crippen LogP contribution >= 0.6 is 0 Å². The summed E-state index contributed by atoms with van der Waals surface area (Å²) in [7, 11) is 3.98. The maximum atomic E-state index is 11.4. The number of likely N-dealkylation sites (N-methyl/N-ethyl adjacent to an activating group) is 1. The van der Waals surface area contributed by atoms with E-state index in [1.54, 1.807) is 0 Å². The van der Waals surface area contributed by atoms with Crippen LogP contribution in [0.5, 0.6) is 0 Å². The fourth-order valence-electron chi connectivity index (χ4n) is 0.778. The predicted molar refractivity (Wildman–Crippen MR) is 59.0 cm³/mol. The molecule has 4 heteroatoms. The highest BCUT2D eigenvalue weighted by Crippen LogP contribution is 2.07. The molecule has 0 radical (unpaired) electrons. The van der Waals surface area contributed by atoms with Crippen molar-refractivity contribution in [3.63, 3.8) is 0 Å². The summed E-state index contributed by atoms with van der Waals surface area (Å²) in [5.74, 6) is -0.0672. The van der Waals surface area contributed by atoms with Crippen LogP contribution in [0.1, 0.15) is 27.2 Å². The van der Waals surface area contributed by atoms with Gasteiger partial charge in [-0.25, -0.2) is 0 Å². The molecule has 0 aliphatic heterocycles. The van der Waals surface area contributed by atoms with Crippen molar-refractivity contribution in [1.82, 2.24) is 10.2 Å². The Balaban J connectivity index is 4.00. The number of carbonyl (C=O) groups excluding carboxylic acids is 1. The molecule has 0 rings (SSSR count). The van der Waals surface area contributed by atoms with Gasteiger partial charge in [0.15, 0.2) is 0 Å². The number of carbonyl (C=O) groups is 1. The third-order valence-electron chi connectivity index (χ3n) is 2.68. The van der Waals surface area contributed by atoms with E-state index in [9.17, 15) is 4.79 Å². The van der Waals surface area contributed by atoms with Crippen molar-refractivity contribution in [2.75, 3.05) is 20.6 Å². The van der Waals surface area contributed by atoms with E-state index in [4.69, 9.17) is 5.73 Å². The Morgan fingerprint density at radius 3 is 2.36 bits per heavy atom. The Kier molecular flexibility index (Phi) is 5.08. The molecule has 84 valence electrons. The highest BCUT2D eigenvalue weighted by Gasteiger charge is 2.22. The monoisotopic (exact) mass is 201 g/mol. The minimum absolute atomic E-state index is 0.0386. The zero-order chi connectivity index (χ0) is 11.4. The lowest BCUT2D eigenvalue weighted by Gasteiger charge is -2.32. The van der Waals surface area contributed by atoms with Crippen molar-refractivity contribution in [3.8, 4) is 0 Å². The summed E-state index contributed by atoms with van der Waals surface area (Å²) >= 11 is 0. The first-order valence-corrected chi connectivity index (χ1v) is 5.02. The van der Waals surface area contributed by atoms with Crippen molar-refractivity contribution in [2.24, 2.45) is 5.73 Å². The zero-order valence-corrected chi connectivity index (χ0v) is 9.92. The number of nitrogens with zero attached hydrogens (tertiary/aromatic N) is 1. The molecular formula is C10H23N3O. The molecule has 0 aliphatic carbocycles. The van der Waals surface area contributed by atoms with E-state index < -0.39 is 0 Å². The largest absolute Gasteiger partial charge is 0.353 e. The molecule has 1 amide bonds. The first-order chi connectivity index (χ1) is 6.31. The van der Waals surface area contributed by atoms with Gasteiger partial charge in [-0.15, -0.1) is 0 Å². The standard InChI is InChI=1S/C10H23N3O/c1-6-8(11)9(14)12-7-10(2,3)13(4)5/h8H,6-7,11H2,1-5H3,(H,12,14)/t8-/m0/s1. The minimum Gasteiger partial charge on any atom is -0.353 e. The van der Waals surface area contributed by atoms with E-state index in [1.807, 2.05) is 21.0 Å². The maximum absolute atomic E-state index is 11.4. The lowest BCUT2D eigenvalue weighted by Crippen LogP contribution is -2.51. The van der Waals surface area contributed by atoms with Crippen LogP contribution in [-0.2, 0) is 4.79 Å². The Labute approximate surface area is 86.8 Å². The quantitative estimate of drug-likeness (QED) is 0.667. The SMILES string of the molecule is CC[C@H](N)C(=O)NCC(C)(C)N(C)C. The van der Waals surface area contributed by atoms with Gasteiger partial charge in [0, 0.05) is 12.1 Å². The molecule has 1 atom stereocenters. The fourth-order valence-corrected chi connectivity index (χ4v) is 0.778. The van der Waals surface area contributed by atoms with Gasteiger partial charge in [-0.3, -0.25) is 4.79 Å². The number of nitrogens with one attached hydrogen (secondary N) is 1. The van der Waals surface area contributed by atoms with Crippen LogP contribution in [0, 0.1) is 0 Å². The summed E-state index contributed by atoms with van der Waals surface area (Å²) in [5, 5.41) is 2.85. The molecule has 0 saturated heterocycles. The second-order valence-electron chi connectivity index (χ2n) is 4.44. The highest BCUT2D eigenvalue weighted by molar-refractivity contribution is 5.81. The summed E-state index contributed by atoms with van der Waals surface area (Å²) in [6.07, 6.45) is 0.675. The third kappa shape index (κ3) is 4.07. The molecule has 0 fully saturated rings. The smallest absolute Gasteiger partial charge is 0.236 e. The Hall–Kier alpha value is -0.610. The molecule has 0 aromatic heterocycles. The maximum Gasteiger partial charge on any atom is 0.236 e. The van der Waals surface area contributed by atoms with E-state index in [0.717, 1.165) is 0 Å². The number of rotatable bonds is 5. The normalized spacial score (nSPS) is 14.2. The van der Waals surface area contributed by atoms with Crippen molar-refractivity contribution in [2.45, 2.75) is 38.8 Å². The Morgan fingerprint density at radius 2 is 2.00 bits per heavy atom. The van der Waals surface area contributed by atoms with Crippen LogP contribution in [0.25, 0.3) is 0 Å². The van der Waals surface area contributed by atoms with Crippen molar-refractivity contribution >= 4 is 5.91 Å². The van der Waals surface area contributed by atoms with Crippen LogP contribution in [0.15, 0.2) is 0 Å². The highest BCUT2D eigenvalue weighted by atomic mass is 16.2. The average Bonchev–Trinajstić information content (AvgIpc) is 2.12. The molecule has 3 N–H and O–H groups in total. The van der Waals surface area contributed by atoms with Crippen LogP contribution in [-0.4, -0.2) is 43.0 Å². The molecule has 0 spiro atoms.